The van der Waals surface area contributed by atoms with E-state index in [-0.39, 0.29) is 12.4 Å². The Balaban J connectivity index is 1.92. The summed E-state index contributed by atoms with van der Waals surface area (Å²) < 4.78 is 29.5. The van der Waals surface area contributed by atoms with Gasteiger partial charge in [-0.3, -0.25) is 0 Å². The Bertz CT molecular complexity index is 757. The molecular formula is C19H18FIO4. The Kier molecular flexibility index (Phi) is 7.24. The van der Waals surface area contributed by atoms with Crippen LogP contribution >= 0.6 is 22.6 Å². The van der Waals surface area contributed by atoms with Crippen LogP contribution in [0.4, 0.5) is 4.39 Å². The molecule has 0 N–H and O–H groups in total. The average Bonchev–Trinajstić information content (AvgIpc) is 2.61. The maximum absolute atomic E-state index is 12.9. The maximum atomic E-state index is 12.9. The van der Waals surface area contributed by atoms with Gasteiger partial charge < -0.3 is 14.2 Å². The standard InChI is InChI=1S/C19H18FIO4/c1-13-11-16(7-8-18(13)25-12-19(22)23-2)24-10-9-17(21)14-3-5-15(20)6-4-14/h3-9,11H,10,12H2,1-2H3/b17-9-. The third kappa shape index (κ3) is 6.04. The van der Waals surface area contributed by atoms with Gasteiger partial charge in [-0.25, -0.2) is 9.18 Å². The molecule has 0 fully saturated rings. The first kappa shape index (κ1) is 19.2. The monoisotopic (exact) mass is 456 g/mol. The van der Waals surface area contributed by atoms with Crippen molar-refractivity contribution in [3.05, 3.63) is 65.5 Å². The summed E-state index contributed by atoms with van der Waals surface area (Å²) in [5.41, 5.74) is 1.80. The summed E-state index contributed by atoms with van der Waals surface area (Å²) in [5, 5.41) is 0. The van der Waals surface area contributed by atoms with Crippen LogP contribution < -0.4 is 9.47 Å². The van der Waals surface area contributed by atoms with Gasteiger partial charge in [0.05, 0.1) is 7.11 Å². The van der Waals surface area contributed by atoms with Crippen LogP contribution in [0, 0.1) is 12.7 Å². The molecule has 132 valence electrons. The summed E-state index contributed by atoms with van der Waals surface area (Å²) in [4.78, 5) is 11.1. The lowest BCUT2D eigenvalue weighted by molar-refractivity contribution is -0.142. The van der Waals surface area contributed by atoms with Gasteiger partial charge in [-0.2, -0.15) is 0 Å². The largest absolute Gasteiger partial charge is 0.489 e. The predicted molar refractivity (Wildman–Crippen MR) is 103 cm³/mol. The third-order valence-corrected chi connectivity index (χ3v) is 4.42. The fourth-order valence-electron chi connectivity index (χ4n) is 2.01. The molecule has 0 unspecified atom stereocenters. The first-order valence-electron chi connectivity index (χ1n) is 7.54. The molecule has 0 aromatic heterocycles. The van der Waals surface area contributed by atoms with Crippen LogP contribution in [0.1, 0.15) is 11.1 Å². The number of ether oxygens (including phenoxy) is 3. The van der Waals surface area contributed by atoms with Crippen molar-refractivity contribution in [3.8, 4) is 11.5 Å². The minimum Gasteiger partial charge on any atom is -0.489 e. The lowest BCUT2D eigenvalue weighted by Crippen LogP contribution is -2.13. The summed E-state index contributed by atoms with van der Waals surface area (Å²) in [6, 6.07) is 11.7. The number of carbonyl (C=O) groups excluding carboxylic acids is 1. The van der Waals surface area contributed by atoms with Gasteiger partial charge in [0.15, 0.2) is 6.61 Å². The number of aryl methyl sites for hydroxylation is 1. The Labute approximate surface area is 159 Å². The second-order valence-electron chi connectivity index (χ2n) is 5.16. The molecule has 0 aliphatic heterocycles. The second kappa shape index (κ2) is 9.41. The molecule has 25 heavy (non-hydrogen) atoms. The number of rotatable bonds is 7. The summed E-state index contributed by atoms with van der Waals surface area (Å²) in [7, 11) is 1.32. The molecule has 2 aromatic rings. The molecular weight excluding hydrogens is 438 g/mol. The first-order valence-corrected chi connectivity index (χ1v) is 8.62. The zero-order valence-corrected chi connectivity index (χ0v) is 16.1. The molecule has 0 aliphatic rings. The van der Waals surface area contributed by atoms with E-state index in [4.69, 9.17) is 9.47 Å². The average molecular weight is 456 g/mol. The molecule has 0 heterocycles. The highest BCUT2D eigenvalue weighted by Gasteiger charge is 2.06. The van der Waals surface area contributed by atoms with Crippen molar-refractivity contribution in [2.24, 2.45) is 0 Å². The van der Waals surface area contributed by atoms with Crippen LogP contribution in [0.3, 0.4) is 0 Å². The van der Waals surface area contributed by atoms with E-state index < -0.39 is 5.97 Å². The molecule has 0 radical (unpaired) electrons. The smallest absolute Gasteiger partial charge is 0.343 e. The highest BCUT2D eigenvalue weighted by molar-refractivity contribution is 14.1. The zero-order valence-electron chi connectivity index (χ0n) is 13.9. The summed E-state index contributed by atoms with van der Waals surface area (Å²) in [6.45, 7) is 2.13. The van der Waals surface area contributed by atoms with Crippen LogP contribution in [0.15, 0.2) is 48.5 Å². The molecule has 2 rings (SSSR count). The maximum Gasteiger partial charge on any atom is 0.343 e. The Morgan fingerprint density at radius 1 is 1.16 bits per heavy atom. The van der Waals surface area contributed by atoms with E-state index >= 15 is 0 Å². The lowest BCUT2D eigenvalue weighted by atomic mass is 10.2. The number of carbonyl (C=O) groups is 1. The second-order valence-corrected chi connectivity index (χ2v) is 6.32. The molecule has 2 aromatic carbocycles. The number of hydrogen-bond donors (Lipinski definition) is 0. The van der Waals surface area contributed by atoms with Crippen molar-refractivity contribution in [2.75, 3.05) is 20.3 Å². The Morgan fingerprint density at radius 2 is 1.88 bits per heavy atom. The van der Waals surface area contributed by atoms with Crippen LogP contribution in [0.5, 0.6) is 11.5 Å². The van der Waals surface area contributed by atoms with E-state index in [1.54, 1.807) is 24.3 Å². The molecule has 4 nitrogen and oxygen atoms in total. The highest BCUT2D eigenvalue weighted by atomic mass is 127. The molecule has 0 spiro atoms. The molecule has 0 bridgehead atoms. The molecule has 0 amide bonds. The Hall–Kier alpha value is -2.09. The van der Waals surface area contributed by atoms with Crippen molar-refractivity contribution in [1.29, 1.82) is 0 Å². The van der Waals surface area contributed by atoms with Crippen LogP contribution in [0.2, 0.25) is 0 Å². The van der Waals surface area contributed by atoms with E-state index in [0.29, 0.717) is 18.1 Å². The van der Waals surface area contributed by atoms with Gasteiger partial charge in [0.1, 0.15) is 23.9 Å². The van der Waals surface area contributed by atoms with Gasteiger partial charge in [-0.05, 0) is 77.0 Å². The van der Waals surface area contributed by atoms with Gasteiger partial charge >= 0.3 is 5.97 Å². The molecule has 0 saturated heterocycles. The normalized spacial score (nSPS) is 11.1. The SMILES string of the molecule is COC(=O)COc1ccc(OC/C=C(\I)c2ccc(F)cc2)cc1C. The van der Waals surface area contributed by atoms with Gasteiger partial charge in [0.25, 0.3) is 0 Å². The lowest BCUT2D eigenvalue weighted by Gasteiger charge is -2.10. The van der Waals surface area contributed by atoms with Crippen molar-refractivity contribution in [3.63, 3.8) is 0 Å². The molecule has 0 saturated carbocycles. The number of methoxy groups -OCH3 is 1. The number of halogens is 2. The quantitative estimate of drug-likeness (QED) is 0.454. The van der Waals surface area contributed by atoms with E-state index in [1.807, 2.05) is 19.1 Å². The van der Waals surface area contributed by atoms with Crippen molar-refractivity contribution in [2.45, 2.75) is 6.92 Å². The van der Waals surface area contributed by atoms with Crippen molar-refractivity contribution >= 4 is 32.1 Å². The van der Waals surface area contributed by atoms with E-state index in [0.717, 1.165) is 14.7 Å². The van der Waals surface area contributed by atoms with E-state index in [2.05, 4.69) is 27.3 Å². The van der Waals surface area contributed by atoms with Crippen LogP contribution in [-0.2, 0) is 9.53 Å². The minimum absolute atomic E-state index is 0.129. The minimum atomic E-state index is -0.430. The van der Waals surface area contributed by atoms with Crippen molar-refractivity contribution in [1.82, 2.24) is 0 Å². The van der Waals surface area contributed by atoms with Gasteiger partial charge in [0.2, 0.25) is 0 Å². The molecule has 0 aliphatic carbocycles. The fraction of sp³-hybridized carbons (Fsp3) is 0.211. The molecule has 0 atom stereocenters. The van der Waals surface area contributed by atoms with Crippen molar-refractivity contribution < 1.29 is 23.4 Å². The van der Waals surface area contributed by atoms with Gasteiger partial charge in [-0.1, -0.05) is 12.1 Å². The fourth-order valence-corrected chi connectivity index (χ4v) is 2.55. The summed E-state index contributed by atoms with van der Waals surface area (Å²) >= 11 is 2.19. The first-order chi connectivity index (χ1) is 12.0. The predicted octanol–water partition coefficient (Wildman–Crippen LogP) is 4.54. The van der Waals surface area contributed by atoms with Crippen LogP contribution in [-0.4, -0.2) is 26.3 Å². The third-order valence-electron chi connectivity index (χ3n) is 3.35. The number of hydrogen-bond acceptors (Lipinski definition) is 4. The number of esters is 1. The zero-order chi connectivity index (χ0) is 18.2. The molecule has 6 heteroatoms. The highest BCUT2D eigenvalue weighted by Crippen LogP contribution is 2.25. The topological polar surface area (TPSA) is 44.8 Å². The summed E-state index contributed by atoms with van der Waals surface area (Å²) in [6.07, 6.45) is 1.92. The van der Waals surface area contributed by atoms with Crippen LogP contribution in [0.25, 0.3) is 3.58 Å². The van der Waals surface area contributed by atoms with Gasteiger partial charge in [-0.15, -0.1) is 0 Å². The van der Waals surface area contributed by atoms with Gasteiger partial charge in [0, 0.05) is 3.58 Å². The van der Waals surface area contributed by atoms with E-state index in [1.165, 1.54) is 19.2 Å². The van der Waals surface area contributed by atoms with E-state index in [9.17, 15) is 9.18 Å². The summed E-state index contributed by atoms with van der Waals surface area (Å²) in [5.74, 6) is 0.617. The Morgan fingerprint density at radius 3 is 2.52 bits per heavy atom. The number of benzene rings is 2.